The zero-order valence-electron chi connectivity index (χ0n) is 19.1. The average molecular weight is 465 g/mol. The zero-order chi connectivity index (χ0) is 23.4. The van der Waals surface area contributed by atoms with Gasteiger partial charge in [-0.3, -0.25) is 9.69 Å². The molecule has 0 bridgehead atoms. The average Bonchev–Trinajstić information content (AvgIpc) is 2.81. The second-order valence-electron chi connectivity index (χ2n) is 8.49. The van der Waals surface area contributed by atoms with Crippen LogP contribution >= 0.6 is 11.8 Å². The van der Waals surface area contributed by atoms with E-state index in [1.807, 2.05) is 68.4 Å². The maximum Gasteiger partial charge on any atom is 0.338 e. The molecule has 7 heteroatoms. The standard InChI is InChI=1S/C26H28N2O4S/c1-17(2)15-32-25(30)23-18(3)27-26-28(22(29)13-14-33-26)24(23)20-9-11-21(12-10-20)31-16-19-7-5-4-6-8-19/h4-12,17,24H,13-16H2,1-3H3/t24-/m1/s1. The molecule has 0 spiro atoms. The number of amidine groups is 1. The molecule has 0 unspecified atom stereocenters. The summed E-state index contributed by atoms with van der Waals surface area (Å²) in [6.45, 7) is 6.56. The normalized spacial score (nSPS) is 18.2. The minimum Gasteiger partial charge on any atom is -0.489 e. The predicted octanol–water partition coefficient (Wildman–Crippen LogP) is 5.12. The Balaban J connectivity index is 1.62. The highest BCUT2D eigenvalue weighted by molar-refractivity contribution is 8.14. The molecule has 2 aliphatic rings. The molecular formula is C26H28N2O4S. The Hall–Kier alpha value is -3.06. The number of nitrogens with zero attached hydrogens (tertiary/aromatic N) is 2. The fourth-order valence-corrected chi connectivity index (χ4v) is 4.79. The van der Waals surface area contributed by atoms with Crippen LogP contribution in [0.2, 0.25) is 0 Å². The molecular weight excluding hydrogens is 436 g/mol. The smallest absolute Gasteiger partial charge is 0.338 e. The van der Waals surface area contributed by atoms with Crippen LogP contribution in [0.4, 0.5) is 0 Å². The van der Waals surface area contributed by atoms with Gasteiger partial charge in [0, 0.05) is 12.2 Å². The van der Waals surface area contributed by atoms with E-state index in [0.29, 0.717) is 41.8 Å². The van der Waals surface area contributed by atoms with Gasteiger partial charge in [-0.25, -0.2) is 9.79 Å². The first-order valence-electron chi connectivity index (χ1n) is 11.1. The van der Waals surface area contributed by atoms with Crippen molar-refractivity contribution in [1.29, 1.82) is 0 Å². The number of thioether (sulfide) groups is 1. The van der Waals surface area contributed by atoms with Gasteiger partial charge in [-0.1, -0.05) is 68.1 Å². The van der Waals surface area contributed by atoms with Crippen molar-refractivity contribution in [2.45, 2.75) is 39.8 Å². The largest absolute Gasteiger partial charge is 0.489 e. The number of rotatable bonds is 7. The number of amides is 1. The maximum atomic E-state index is 13.1. The number of allylic oxidation sites excluding steroid dienone is 1. The molecule has 4 rings (SSSR count). The molecule has 2 aromatic carbocycles. The molecule has 0 aromatic heterocycles. The van der Waals surface area contributed by atoms with Crippen LogP contribution in [-0.4, -0.2) is 34.3 Å². The van der Waals surface area contributed by atoms with Gasteiger partial charge in [-0.15, -0.1) is 0 Å². The summed E-state index contributed by atoms with van der Waals surface area (Å²) in [4.78, 5) is 32.2. The van der Waals surface area contributed by atoms with Crippen molar-refractivity contribution >= 4 is 28.8 Å². The first-order chi connectivity index (χ1) is 15.9. The van der Waals surface area contributed by atoms with E-state index in [-0.39, 0.29) is 11.8 Å². The second kappa shape index (κ2) is 10.3. The lowest BCUT2D eigenvalue weighted by molar-refractivity contribution is -0.141. The monoisotopic (exact) mass is 464 g/mol. The van der Waals surface area contributed by atoms with Gasteiger partial charge in [0.2, 0.25) is 5.91 Å². The van der Waals surface area contributed by atoms with Crippen molar-refractivity contribution in [3.8, 4) is 5.75 Å². The van der Waals surface area contributed by atoms with E-state index in [2.05, 4.69) is 4.99 Å². The van der Waals surface area contributed by atoms with Crippen LogP contribution in [-0.2, 0) is 20.9 Å². The number of benzene rings is 2. The number of carbonyl (C=O) groups is 2. The van der Waals surface area contributed by atoms with Crippen LogP contribution in [0.25, 0.3) is 0 Å². The molecule has 1 saturated heterocycles. The van der Waals surface area contributed by atoms with E-state index < -0.39 is 12.0 Å². The van der Waals surface area contributed by atoms with Gasteiger partial charge in [0.15, 0.2) is 5.17 Å². The molecule has 172 valence electrons. The molecule has 1 atom stereocenters. The van der Waals surface area contributed by atoms with Gasteiger partial charge in [0.25, 0.3) is 0 Å². The third-order valence-electron chi connectivity index (χ3n) is 5.42. The minimum absolute atomic E-state index is 0.0384. The molecule has 2 heterocycles. The lowest BCUT2D eigenvalue weighted by Crippen LogP contribution is -2.45. The predicted molar refractivity (Wildman–Crippen MR) is 130 cm³/mol. The molecule has 33 heavy (non-hydrogen) atoms. The Labute approximate surface area is 198 Å². The van der Waals surface area contributed by atoms with E-state index in [4.69, 9.17) is 9.47 Å². The number of hydrogen-bond acceptors (Lipinski definition) is 6. The summed E-state index contributed by atoms with van der Waals surface area (Å²) in [6.07, 6.45) is 0.409. The molecule has 2 aromatic rings. The number of ether oxygens (including phenoxy) is 2. The van der Waals surface area contributed by atoms with Crippen molar-refractivity contribution in [2.24, 2.45) is 10.9 Å². The van der Waals surface area contributed by atoms with Crippen molar-refractivity contribution in [2.75, 3.05) is 12.4 Å². The summed E-state index contributed by atoms with van der Waals surface area (Å²) < 4.78 is 11.5. The Morgan fingerprint density at radius 1 is 1.15 bits per heavy atom. The van der Waals surface area contributed by atoms with E-state index >= 15 is 0 Å². The Kier molecular flexibility index (Phi) is 7.18. The van der Waals surface area contributed by atoms with Gasteiger partial charge in [-0.05, 0) is 36.1 Å². The van der Waals surface area contributed by atoms with E-state index in [1.165, 1.54) is 11.8 Å². The van der Waals surface area contributed by atoms with Gasteiger partial charge < -0.3 is 9.47 Å². The second-order valence-corrected chi connectivity index (χ2v) is 9.56. The van der Waals surface area contributed by atoms with Crippen LogP contribution in [0.5, 0.6) is 5.75 Å². The highest BCUT2D eigenvalue weighted by atomic mass is 32.2. The summed E-state index contributed by atoms with van der Waals surface area (Å²) in [5.41, 5.74) is 2.90. The van der Waals surface area contributed by atoms with Crippen molar-refractivity contribution in [1.82, 2.24) is 4.90 Å². The number of fused-ring (bicyclic) bond motifs is 1. The first-order valence-corrected chi connectivity index (χ1v) is 12.1. The third kappa shape index (κ3) is 5.30. The molecule has 2 aliphatic heterocycles. The topological polar surface area (TPSA) is 68.2 Å². The fourth-order valence-electron chi connectivity index (χ4n) is 3.78. The van der Waals surface area contributed by atoms with Gasteiger partial charge in [0.05, 0.1) is 23.9 Å². The summed E-state index contributed by atoms with van der Waals surface area (Å²) in [5, 5.41) is 0.638. The highest BCUT2D eigenvalue weighted by Crippen LogP contribution is 2.40. The van der Waals surface area contributed by atoms with Gasteiger partial charge >= 0.3 is 5.97 Å². The van der Waals surface area contributed by atoms with E-state index in [1.54, 1.807) is 11.8 Å². The van der Waals surface area contributed by atoms with E-state index in [9.17, 15) is 9.59 Å². The molecule has 1 fully saturated rings. The number of esters is 1. The van der Waals surface area contributed by atoms with Crippen molar-refractivity contribution < 1.29 is 19.1 Å². The Morgan fingerprint density at radius 3 is 2.58 bits per heavy atom. The number of hydrogen-bond donors (Lipinski definition) is 0. The summed E-state index contributed by atoms with van der Waals surface area (Å²) in [5.74, 6) is 1.15. The van der Waals surface area contributed by atoms with Crippen molar-refractivity contribution in [3.63, 3.8) is 0 Å². The van der Waals surface area contributed by atoms with Crippen LogP contribution in [0.15, 0.2) is 70.9 Å². The number of carbonyl (C=O) groups excluding carboxylic acids is 2. The Morgan fingerprint density at radius 2 is 1.88 bits per heavy atom. The quantitative estimate of drug-likeness (QED) is 0.533. The molecule has 0 saturated carbocycles. The van der Waals surface area contributed by atoms with Crippen LogP contribution in [0.3, 0.4) is 0 Å². The first kappa shape index (κ1) is 23.1. The molecule has 0 N–H and O–H groups in total. The lowest BCUT2D eigenvalue weighted by Gasteiger charge is -2.39. The summed E-state index contributed by atoms with van der Waals surface area (Å²) >= 11 is 1.54. The summed E-state index contributed by atoms with van der Waals surface area (Å²) in [7, 11) is 0. The Bertz CT molecular complexity index is 1080. The zero-order valence-corrected chi connectivity index (χ0v) is 19.9. The summed E-state index contributed by atoms with van der Waals surface area (Å²) in [6, 6.07) is 16.9. The van der Waals surface area contributed by atoms with Gasteiger partial charge in [-0.2, -0.15) is 0 Å². The lowest BCUT2D eigenvalue weighted by atomic mass is 9.94. The molecule has 1 amide bonds. The van der Waals surface area contributed by atoms with E-state index in [0.717, 1.165) is 16.9 Å². The minimum atomic E-state index is -0.569. The van der Waals surface area contributed by atoms with Crippen LogP contribution in [0.1, 0.15) is 44.4 Å². The van der Waals surface area contributed by atoms with Crippen molar-refractivity contribution in [3.05, 3.63) is 77.0 Å². The van der Waals surface area contributed by atoms with Crippen LogP contribution < -0.4 is 4.74 Å². The third-order valence-corrected chi connectivity index (χ3v) is 6.37. The van der Waals surface area contributed by atoms with Crippen LogP contribution in [0, 0.1) is 5.92 Å². The number of aliphatic imine (C=N–C) groups is 1. The highest BCUT2D eigenvalue weighted by Gasteiger charge is 2.41. The maximum absolute atomic E-state index is 13.1. The van der Waals surface area contributed by atoms with Gasteiger partial charge in [0.1, 0.15) is 12.4 Å². The molecule has 0 radical (unpaired) electrons. The molecule has 6 nitrogen and oxygen atoms in total. The fraction of sp³-hybridized carbons (Fsp3) is 0.346. The SMILES string of the molecule is CC1=C(C(=O)OCC(C)C)[C@@H](c2ccc(OCc3ccccc3)cc2)N2C(=O)CCSC2=N1. The molecule has 0 aliphatic carbocycles.